The fourth-order valence-corrected chi connectivity index (χ4v) is 3.65. The summed E-state index contributed by atoms with van der Waals surface area (Å²) in [6.07, 6.45) is 2.32. The van der Waals surface area contributed by atoms with Crippen LogP contribution in [0, 0.1) is 5.92 Å². The smallest absolute Gasteiger partial charge is 0.307 e. The molecule has 0 aliphatic rings. The number of hydrogen-bond acceptors (Lipinski definition) is 9. The van der Waals surface area contributed by atoms with Gasteiger partial charge in [0.25, 0.3) is 0 Å². The molecule has 1 aromatic heterocycles. The highest BCUT2D eigenvalue weighted by atomic mass is 31.2. The zero-order valence-corrected chi connectivity index (χ0v) is 19.4. The first kappa shape index (κ1) is 29.3. The normalized spacial score (nSPS) is 13.2. The average molecular weight is 497 g/mol. The molecule has 0 bridgehead atoms. The molecule has 2 unspecified atom stereocenters. The van der Waals surface area contributed by atoms with Gasteiger partial charge in [-0.05, 0) is 19.3 Å². The number of aliphatic carboxylic acids is 2. The van der Waals surface area contributed by atoms with Crippen LogP contribution < -0.4 is 0 Å². The Balaban J connectivity index is 1.92. The van der Waals surface area contributed by atoms with E-state index in [0.717, 1.165) is 5.69 Å². The van der Waals surface area contributed by atoms with Gasteiger partial charge in [0.15, 0.2) is 8.38 Å². The minimum absolute atomic E-state index is 0.0615. The number of nitrogens with zero attached hydrogens (tertiary/aromatic N) is 3. The summed E-state index contributed by atoms with van der Waals surface area (Å²) >= 11 is 0. The second-order valence-corrected chi connectivity index (χ2v) is 8.27. The van der Waals surface area contributed by atoms with Crippen molar-refractivity contribution in [1.29, 1.82) is 0 Å². The Hall–Kier alpha value is -1.76. The molecule has 2 atom stereocenters. The van der Waals surface area contributed by atoms with Crippen molar-refractivity contribution >= 4 is 20.3 Å². The molecule has 1 aromatic rings. The standard InChI is InChI=1S/C19H33FN3O9P/c20-5-1-2-17-14-23(22-21-17)6-7-29-8-9-30-10-11-31-12-13-32-33(28)15-16(19(26)27)3-4-18(24)25/h14,16,28H,1-13,15H2,(H,24,25)(H,26,27). The molecule has 12 nitrogen and oxygen atoms in total. The van der Waals surface area contributed by atoms with E-state index in [1.165, 1.54) is 0 Å². The monoisotopic (exact) mass is 497 g/mol. The third-order valence-corrected chi connectivity index (χ3v) is 5.50. The number of ether oxygens (including phenoxy) is 3. The first-order valence-electron chi connectivity index (χ1n) is 10.6. The number of halogens is 1. The Morgan fingerprint density at radius 2 is 1.70 bits per heavy atom. The van der Waals surface area contributed by atoms with Crippen LogP contribution in [0.15, 0.2) is 6.20 Å². The van der Waals surface area contributed by atoms with E-state index in [1.54, 1.807) is 10.9 Å². The van der Waals surface area contributed by atoms with Gasteiger partial charge >= 0.3 is 11.9 Å². The van der Waals surface area contributed by atoms with E-state index in [2.05, 4.69) is 10.3 Å². The lowest BCUT2D eigenvalue weighted by atomic mass is 10.1. The Morgan fingerprint density at radius 3 is 2.30 bits per heavy atom. The number of carboxylic acid groups (broad SMARTS) is 2. The minimum Gasteiger partial charge on any atom is -0.481 e. The zero-order chi connectivity index (χ0) is 24.3. The van der Waals surface area contributed by atoms with Crippen molar-refractivity contribution in [2.45, 2.75) is 32.2 Å². The second kappa shape index (κ2) is 18.6. The number of carbonyl (C=O) groups is 2. The van der Waals surface area contributed by atoms with E-state index in [1.807, 2.05) is 0 Å². The molecule has 1 heterocycles. The van der Waals surface area contributed by atoms with Crippen molar-refractivity contribution in [3.63, 3.8) is 0 Å². The van der Waals surface area contributed by atoms with Gasteiger partial charge in [0.2, 0.25) is 0 Å². The third kappa shape index (κ3) is 15.7. The minimum atomic E-state index is -1.96. The third-order valence-electron chi connectivity index (χ3n) is 4.26. The highest BCUT2D eigenvalue weighted by Gasteiger charge is 2.23. The average Bonchev–Trinajstić information content (AvgIpc) is 3.23. The lowest BCUT2D eigenvalue weighted by Gasteiger charge is -2.16. The molecule has 0 saturated carbocycles. The Kier molecular flexibility index (Phi) is 16.5. The van der Waals surface area contributed by atoms with Gasteiger partial charge in [0.05, 0.1) is 71.1 Å². The summed E-state index contributed by atoms with van der Waals surface area (Å²) in [6, 6.07) is 0. The fourth-order valence-electron chi connectivity index (χ4n) is 2.54. The van der Waals surface area contributed by atoms with E-state index in [4.69, 9.17) is 28.9 Å². The van der Waals surface area contributed by atoms with Crippen molar-refractivity contribution < 1.29 is 47.8 Å². The molecule has 0 aliphatic carbocycles. The summed E-state index contributed by atoms with van der Waals surface area (Å²) in [5, 5.41) is 25.6. The van der Waals surface area contributed by atoms with Crippen molar-refractivity contribution in [2.75, 3.05) is 59.1 Å². The van der Waals surface area contributed by atoms with Crippen molar-refractivity contribution in [3.8, 4) is 0 Å². The molecular formula is C19H33FN3O9P. The molecule has 190 valence electrons. The largest absolute Gasteiger partial charge is 0.481 e. The fraction of sp³-hybridized carbons (Fsp3) is 0.789. The van der Waals surface area contributed by atoms with Crippen LogP contribution in [0.5, 0.6) is 0 Å². The van der Waals surface area contributed by atoms with Gasteiger partial charge in [0, 0.05) is 18.8 Å². The summed E-state index contributed by atoms with van der Waals surface area (Å²) in [4.78, 5) is 31.4. The van der Waals surface area contributed by atoms with Crippen molar-refractivity contribution in [2.24, 2.45) is 5.92 Å². The molecule has 0 fully saturated rings. The molecule has 0 aliphatic heterocycles. The number of hydrogen-bond donors (Lipinski definition) is 3. The molecule has 0 radical (unpaired) electrons. The Labute approximate surface area is 192 Å². The van der Waals surface area contributed by atoms with Crippen LogP contribution in [0.2, 0.25) is 0 Å². The number of aryl methyl sites for hydroxylation is 1. The number of rotatable bonds is 22. The molecule has 3 N–H and O–H groups in total. The summed E-state index contributed by atoms with van der Waals surface area (Å²) in [5.74, 6) is -3.20. The molecule has 0 spiro atoms. The van der Waals surface area contributed by atoms with Gasteiger partial charge in [-0.2, -0.15) is 0 Å². The van der Waals surface area contributed by atoms with Crippen molar-refractivity contribution in [3.05, 3.63) is 11.9 Å². The molecule has 0 amide bonds. The zero-order valence-electron chi connectivity index (χ0n) is 18.5. The van der Waals surface area contributed by atoms with E-state index >= 15 is 0 Å². The summed E-state index contributed by atoms with van der Waals surface area (Å²) in [6.45, 7) is 2.41. The number of carboxylic acids is 2. The van der Waals surface area contributed by atoms with Crippen LogP contribution in [0.4, 0.5) is 4.39 Å². The highest BCUT2D eigenvalue weighted by molar-refractivity contribution is 7.46. The topological polar surface area (TPSA) is 162 Å². The highest BCUT2D eigenvalue weighted by Crippen LogP contribution is 2.35. The molecule has 0 saturated heterocycles. The Bertz CT molecular complexity index is 668. The van der Waals surface area contributed by atoms with E-state index in [9.17, 15) is 18.9 Å². The molecular weight excluding hydrogens is 464 g/mol. The molecule has 1 rings (SSSR count). The SMILES string of the molecule is O=C(O)CCC(CP(O)OCCOCCOCCOCCn1cc(CCCF)nn1)C(=O)O. The van der Waals surface area contributed by atoms with Crippen LogP contribution >= 0.6 is 8.38 Å². The van der Waals surface area contributed by atoms with Gasteiger partial charge in [-0.3, -0.25) is 14.0 Å². The lowest BCUT2D eigenvalue weighted by Crippen LogP contribution is -2.19. The van der Waals surface area contributed by atoms with Gasteiger partial charge in [-0.1, -0.05) is 5.21 Å². The van der Waals surface area contributed by atoms with Crippen LogP contribution in [-0.2, 0) is 41.3 Å². The van der Waals surface area contributed by atoms with Crippen LogP contribution in [0.25, 0.3) is 0 Å². The lowest BCUT2D eigenvalue weighted by molar-refractivity contribution is -0.142. The first-order chi connectivity index (χ1) is 15.9. The van der Waals surface area contributed by atoms with Gasteiger partial charge in [0.1, 0.15) is 0 Å². The summed E-state index contributed by atoms with van der Waals surface area (Å²) in [5.41, 5.74) is 0.761. The van der Waals surface area contributed by atoms with Crippen molar-refractivity contribution in [1.82, 2.24) is 15.0 Å². The summed E-state index contributed by atoms with van der Waals surface area (Å²) in [7, 11) is -1.96. The predicted molar refractivity (Wildman–Crippen MR) is 115 cm³/mol. The van der Waals surface area contributed by atoms with Gasteiger partial charge in [-0.25, -0.2) is 4.68 Å². The van der Waals surface area contributed by atoms with Gasteiger partial charge < -0.3 is 33.8 Å². The van der Waals surface area contributed by atoms with Crippen LogP contribution in [0.1, 0.15) is 25.0 Å². The van der Waals surface area contributed by atoms with E-state index < -0.39 is 26.2 Å². The second-order valence-electron chi connectivity index (χ2n) is 6.94. The predicted octanol–water partition coefficient (Wildman–Crippen LogP) is 1.12. The Morgan fingerprint density at radius 1 is 1.06 bits per heavy atom. The quantitative estimate of drug-likeness (QED) is 0.155. The maximum absolute atomic E-state index is 12.1. The maximum Gasteiger partial charge on any atom is 0.307 e. The molecule has 0 aromatic carbocycles. The number of aromatic nitrogens is 3. The molecule has 14 heteroatoms. The first-order valence-corrected chi connectivity index (χ1v) is 12.0. The maximum atomic E-state index is 12.1. The molecule has 33 heavy (non-hydrogen) atoms. The number of alkyl halides is 1. The van der Waals surface area contributed by atoms with Crippen LogP contribution in [0.3, 0.4) is 0 Å². The van der Waals surface area contributed by atoms with E-state index in [-0.39, 0.29) is 38.9 Å². The summed E-state index contributed by atoms with van der Waals surface area (Å²) < 4.78 is 35.1. The van der Waals surface area contributed by atoms with Crippen LogP contribution in [-0.4, -0.2) is 101 Å². The van der Waals surface area contributed by atoms with Gasteiger partial charge in [-0.15, -0.1) is 5.10 Å². The van der Waals surface area contributed by atoms with E-state index in [0.29, 0.717) is 52.4 Å².